The molecule has 21 heavy (non-hydrogen) atoms. The monoisotopic (exact) mass is 468 g/mol. The van der Waals surface area contributed by atoms with Gasteiger partial charge in [-0.05, 0) is 12.1 Å². The molecule has 1 heterocycles. The van der Waals surface area contributed by atoms with Gasteiger partial charge in [0.25, 0.3) is 0 Å². The smallest absolute Gasteiger partial charge is 0.250 e. The molecule has 0 radical (unpaired) electrons. The van der Waals surface area contributed by atoms with E-state index in [1.807, 2.05) is 0 Å². The van der Waals surface area contributed by atoms with Crippen molar-refractivity contribution in [3.63, 3.8) is 0 Å². The Morgan fingerprint density at radius 3 is 2.76 bits per heavy atom. The lowest BCUT2D eigenvalue weighted by molar-refractivity contribution is 0.204. The van der Waals surface area contributed by atoms with Gasteiger partial charge >= 0.3 is 0 Å². The van der Waals surface area contributed by atoms with Crippen molar-refractivity contribution < 1.29 is 13.2 Å². The molecule has 0 saturated heterocycles. The molecule has 0 spiro atoms. The summed E-state index contributed by atoms with van der Waals surface area (Å²) in [6.45, 7) is 1.46. The van der Waals surface area contributed by atoms with Crippen molar-refractivity contribution in [3.05, 3.63) is 16.5 Å². The molecule has 0 atom stereocenters. The Hall–Kier alpha value is -0.140. The normalized spacial score (nSPS) is 12.0. The van der Waals surface area contributed by atoms with Crippen LogP contribution in [0.1, 0.15) is 0 Å². The highest BCUT2D eigenvalue weighted by Gasteiger charge is 2.15. The first-order chi connectivity index (χ1) is 9.45. The molecule has 7 nitrogen and oxygen atoms in total. The van der Waals surface area contributed by atoms with Crippen LogP contribution in [0.15, 0.2) is 21.3 Å². The van der Waals surface area contributed by atoms with Gasteiger partial charge in [-0.15, -0.1) is 35.3 Å². The third-order valence-electron chi connectivity index (χ3n) is 2.11. The van der Waals surface area contributed by atoms with E-state index in [0.29, 0.717) is 17.5 Å². The molecule has 0 aromatic carbocycles. The molecule has 1 rings (SSSR count). The average molecular weight is 469 g/mol. The van der Waals surface area contributed by atoms with E-state index in [-0.39, 0.29) is 47.2 Å². The van der Waals surface area contributed by atoms with Crippen LogP contribution < -0.4 is 15.8 Å². The number of methoxy groups -OCH3 is 1. The summed E-state index contributed by atoms with van der Waals surface area (Å²) in [5.41, 5.74) is 5.57. The number of halogens is 2. The van der Waals surface area contributed by atoms with Gasteiger partial charge in [0, 0.05) is 20.2 Å². The highest BCUT2D eigenvalue weighted by molar-refractivity contribution is 14.0. The summed E-state index contributed by atoms with van der Waals surface area (Å²) >= 11 is 6.70. The molecule has 0 saturated carbocycles. The highest BCUT2D eigenvalue weighted by atomic mass is 127. The standard InChI is InChI=1S/C10H17ClN4O3S2.HI/c1-18-7-6-14-10(12)13-4-5-15-20(16,17)9-3-2-8(11)19-9;/h2-3,15H,4-7H2,1H3,(H3,12,13,14);1H. The molecule has 0 aliphatic rings. The molecule has 0 amide bonds. The van der Waals surface area contributed by atoms with Crippen LogP contribution in [0, 0.1) is 0 Å². The molecule has 4 N–H and O–H groups in total. The molecule has 0 aliphatic heterocycles. The minimum Gasteiger partial charge on any atom is -0.383 e. The minimum atomic E-state index is -3.52. The minimum absolute atomic E-state index is 0. The van der Waals surface area contributed by atoms with Crippen LogP contribution in [0.5, 0.6) is 0 Å². The van der Waals surface area contributed by atoms with Gasteiger partial charge in [-0.3, -0.25) is 4.99 Å². The van der Waals surface area contributed by atoms with E-state index in [1.165, 1.54) is 12.1 Å². The van der Waals surface area contributed by atoms with E-state index in [0.717, 1.165) is 11.3 Å². The fourth-order valence-corrected chi connectivity index (χ4v) is 3.76. The SMILES string of the molecule is COCCNC(N)=NCCNS(=O)(=O)c1ccc(Cl)s1.I. The maximum absolute atomic E-state index is 11.8. The third kappa shape index (κ3) is 8.16. The molecular formula is C10H18ClIN4O3S2. The largest absolute Gasteiger partial charge is 0.383 e. The number of aliphatic imine (C=N–C) groups is 1. The van der Waals surface area contributed by atoms with Crippen LogP contribution >= 0.6 is 46.9 Å². The van der Waals surface area contributed by atoms with Crippen LogP contribution in [0.25, 0.3) is 0 Å². The van der Waals surface area contributed by atoms with Crippen molar-refractivity contribution in [3.8, 4) is 0 Å². The Labute approximate surface area is 150 Å². The van der Waals surface area contributed by atoms with Crippen LogP contribution in [0.4, 0.5) is 0 Å². The summed E-state index contributed by atoms with van der Waals surface area (Å²) in [5.74, 6) is 0.250. The molecular weight excluding hydrogens is 451 g/mol. The zero-order valence-electron chi connectivity index (χ0n) is 11.3. The van der Waals surface area contributed by atoms with Crippen LogP contribution in [0.2, 0.25) is 4.34 Å². The quantitative estimate of drug-likeness (QED) is 0.227. The molecule has 1 aromatic rings. The topological polar surface area (TPSA) is 106 Å². The van der Waals surface area contributed by atoms with Crippen molar-refractivity contribution >= 4 is 62.9 Å². The van der Waals surface area contributed by atoms with Gasteiger partial charge in [-0.2, -0.15) is 0 Å². The highest BCUT2D eigenvalue weighted by Crippen LogP contribution is 2.25. The predicted molar refractivity (Wildman–Crippen MR) is 96.3 cm³/mol. The summed E-state index contributed by atoms with van der Waals surface area (Å²) < 4.78 is 31.5. The number of hydrogen-bond donors (Lipinski definition) is 3. The average Bonchev–Trinajstić information content (AvgIpc) is 2.83. The van der Waals surface area contributed by atoms with Crippen molar-refractivity contribution in [2.75, 3.05) is 33.4 Å². The second kappa shape index (κ2) is 10.6. The number of nitrogens with one attached hydrogen (secondary N) is 2. The third-order valence-corrected chi connectivity index (χ3v) is 5.30. The van der Waals surface area contributed by atoms with Crippen molar-refractivity contribution in [2.45, 2.75) is 4.21 Å². The van der Waals surface area contributed by atoms with Gasteiger partial charge in [-0.25, -0.2) is 13.1 Å². The van der Waals surface area contributed by atoms with E-state index >= 15 is 0 Å². The second-order valence-corrected chi connectivity index (χ2v) is 7.35. The van der Waals surface area contributed by atoms with Gasteiger partial charge in [0.1, 0.15) is 4.21 Å². The number of rotatable bonds is 8. The first kappa shape index (κ1) is 20.9. The van der Waals surface area contributed by atoms with Crippen LogP contribution in [-0.2, 0) is 14.8 Å². The Morgan fingerprint density at radius 2 is 2.19 bits per heavy atom. The fraction of sp³-hybridized carbons (Fsp3) is 0.500. The summed E-state index contributed by atoms with van der Waals surface area (Å²) in [6, 6.07) is 3.00. The van der Waals surface area contributed by atoms with Gasteiger partial charge in [0.05, 0.1) is 17.5 Å². The molecule has 0 aliphatic carbocycles. The molecule has 0 fully saturated rings. The maximum Gasteiger partial charge on any atom is 0.250 e. The molecule has 122 valence electrons. The van der Waals surface area contributed by atoms with Crippen molar-refractivity contribution in [1.82, 2.24) is 10.0 Å². The second-order valence-electron chi connectivity index (χ2n) is 3.64. The number of nitrogens with two attached hydrogens (primary N) is 1. The number of guanidine groups is 1. The molecule has 0 bridgehead atoms. The lowest BCUT2D eigenvalue weighted by Crippen LogP contribution is -2.35. The Kier molecular flexibility index (Phi) is 10.5. The van der Waals surface area contributed by atoms with Gasteiger partial charge < -0.3 is 15.8 Å². The number of thiophene rings is 1. The first-order valence-electron chi connectivity index (χ1n) is 5.73. The number of ether oxygens (including phenoxy) is 1. The first-order valence-corrected chi connectivity index (χ1v) is 8.41. The van der Waals surface area contributed by atoms with Crippen LogP contribution in [-0.4, -0.2) is 47.7 Å². The van der Waals surface area contributed by atoms with E-state index in [1.54, 1.807) is 7.11 Å². The van der Waals surface area contributed by atoms with Crippen molar-refractivity contribution in [1.29, 1.82) is 0 Å². The lowest BCUT2D eigenvalue weighted by Gasteiger charge is -2.05. The zero-order chi connectivity index (χ0) is 15.0. The zero-order valence-corrected chi connectivity index (χ0v) is 16.1. The molecule has 11 heteroatoms. The predicted octanol–water partition coefficient (Wildman–Crippen LogP) is 0.849. The summed E-state index contributed by atoms with van der Waals surface area (Å²) in [5, 5.41) is 2.83. The number of hydrogen-bond acceptors (Lipinski definition) is 5. The van der Waals surface area contributed by atoms with Gasteiger partial charge in [0.15, 0.2) is 5.96 Å². The van der Waals surface area contributed by atoms with Crippen molar-refractivity contribution in [2.24, 2.45) is 10.7 Å². The Morgan fingerprint density at radius 1 is 1.48 bits per heavy atom. The Bertz CT molecular complexity index is 550. The lowest BCUT2D eigenvalue weighted by atomic mass is 10.6. The Balaban J connectivity index is 0.00000400. The van der Waals surface area contributed by atoms with E-state index in [9.17, 15) is 8.42 Å². The van der Waals surface area contributed by atoms with E-state index in [2.05, 4.69) is 15.0 Å². The summed E-state index contributed by atoms with van der Waals surface area (Å²) in [6.07, 6.45) is 0. The number of nitrogens with zero attached hydrogens (tertiary/aromatic N) is 1. The van der Waals surface area contributed by atoms with Crippen LogP contribution in [0.3, 0.4) is 0 Å². The molecule has 1 aromatic heterocycles. The van der Waals surface area contributed by atoms with E-state index in [4.69, 9.17) is 22.1 Å². The molecule has 0 unspecified atom stereocenters. The summed E-state index contributed by atoms with van der Waals surface area (Å²) in [4.78, 5) is 3.98. The summed E-state index contributed by atoms with van der Waals surface area (Å²) in [7, 11) is -1.94. The van der Waals surface area contributed by atoms with Gasteiger partial charge in [-0.1, -0.05) is 11.6 Å². The van der Waals surface area contributed by atoms with Gasteiger partial charge in [0.2, 0.25) is 10.0 Å². The number of sulfonamides is 1. The maximum atomic E-state index is 11.8. The van der Waals surface area contributed by atoms with E-state index < -0.39 is 10.0 Å². The fourth-order valence-electron chi connectivity index (χ4n) is 1.21.